The van der Waals surface area contributed by atoms with Crippen molar-refractivity contribution in [1.29, 1.82) is 0 Å². The van der Waals surface area contributed by atoms with Gasteiger partial charge in [0.25, 0.3) is 0 Å². The number of rotatable bonds is 10. The molecule has 0 saturated heterocycles. The number of ether oxygens (including phenoxy) is 1. The fraction of sp³-hybridized carbons (Fsp3) is 0.276. The molecular formula is C29H33NO5S. The van der Waals surface area contributed by atoms with Crippen molar-refractivity contribution >= 4 is 27.9 Å². The first-order chi connectivity index (χ1) is 17.1. The summed E-state index contributed by atoms with van der Waals surface area (Å²) < 4.78 is 33.0. The van der Waals surface area contributed by atoms with Gasteiger partial charge in [-0.1, -0.05) is 72.8 Å². The van der Waals surface area contributed by atoms with E-state index in [4.69, 9.17) is 9.57 Å². The zero-order valence-electron chi connectivity index (χ0n) is 21.1. The lowest BCUT2D eigenvalue weighted by atomic mass is 10.1. The highest BCUT2D eigenvalue weighted by molar-refractivity contribution is 7.92. The minimum absolute atomic E-state index is 0.181. The molecule has 0 aliphatic carbocycles. The molecule has 0 aliphatic heterocycles. The van der Waals surface area contributed by atoms with Crippen molar-refractivity contribution < 1.29 is 22.8 Å². The number of hydrogen-bond donors (Lipinski definition) is 1. The van der Waals surface area contributed by atoms with E-state index in [1.165, 1.54) is 0 Å². The quantitative estimate of drug-likeness (QED) is 0.290. The van der Waals surface area contributed by atoms with E-state index in [2.05, 4.69) is 5.48 Å². The Balaban J connectivity index is 1.92. The summed E-state index contributed by atoms with van der Waals surface area (Å²) >= 11 is 0. The Morgan fingerprint density at radius 3 is 2.19 bits per heavy atom. The molecule has 0 heterocycles. The lowest BCUT2D eigenvalue weighted by molar-refractivity contribution is -0.145. The SMILES string of the molecule is COc1ccc(C=Cc2ccccc2S(=O)(=O)C(CC(=O)NOC(C)(C)C)Cc2ccccc2)cc1. The van der Waals surface area contributed by atoms with E-state index in [0.29, 0.717) is 5.56 Å². The fourth-order valence-electron chi connectivity index (χ4n) is 3.58. The summed E-state index contributed by atoms with van der Waals surface area (Å²) in [4.78, 5) is 18.2. The summed E-state index contributed by atoms with van der Waals surface area (Å²) in [6.07, 6.45) is 3.59. The molecule has 1 amide bonds. The molecule has 7 heteroatoms. The van der Waals surface area contributed by atoms with Gasteiger partial charge in [-0.15, -0.1) is 0 Å². The molecule has 0 radical (unpaired) electrons. The van der Waals surface area contributed by atoms with Gasteiger partial charge in [-0.05, 0) is 62.1 Å². The van der Waals surface area contributed by atoms with E-state index in [9.17, 15) is 13.2 Å². The standard InChI is InChI=1S/C29H33NO5S/c1-29(2,3)35-30-28(31)21-26(20-23-10-6-5-7-11-23)36(32,33)27-13-9-8-12-24(27)17-14-22-15-18-25(34-4)19-16-22/h5-19,26H,20-21H2,1-4H3,(H,30,31). The number of benzene rings is 3. The molecule has 3 rings (SSSR count). The minimum atomic E-state index is -3.88. The number of sulfone groups is 1. The summed E-state index contributed by atoms with van der Waals surface area (Å²) in [6, 6.07) is 23.6. The molecular weight excluding hydrogens is 474 g/mol. The Hall–Kier alpha value is -3.42. The summed E-state index contributed by atoms with van der Waals surface area (Å²) in [6.45, 7) is 5.41. The molecule has 0 bridgehead atoms. The number of methoxy groups -OCH3 is 1. The lowest BCUT2D eigenvalue weighted by Gasteiger charge is -2.22. The predicted molar refractivity (Wildman–Crippen MR) is 143 cm³/mol. The van der Waals surface area contributed by atoms with Crippen molar-refractivity contribution in [2.75, 3.05) is 7.11 Å². The Kier molecular flexibility index (Phi) is 9.07. The molecule has 0 saturated carbocycles. The van der Waals surface area contributed by atoms with Gasteiger partial charge in [-0.2, -0.15) is 0 Å². The van der Waals surface area contributed by atoms with Crippen LogP contribution in [-0.2, 0) is 25.9 Å². The summed E-state index contributed by atoms with van der Waals surface area (Å²) in [7, 11) is -2.28. The summed E-state index contributed by atoms with van der Waals surface area (Å²) in [5, 5.41) is -0.973. The largest absolute Gasteiger partial charge is 0.497 e. The summed E-state index contributed by atoms with van der Waals surface area (Å²) in [5.74, 6) is 0.258. The lowest BCUT2D eigenvalue weighted by Crippen LogP contribution is -2.37. The number of carbonyl (C=O) groups is 1. The van der Waals surface area contributed by atoms with Gasteiger partial charge in [0.15, 0.2) is 9.84 Å². The van der Waals surface area contributed by atoms with Crippen LogP contribution in [0.15, 0.2) is 83.8 Å². The van der Waals surface area contributed by atoms with Gasteiger partial charge in [0.05, 0.1) is 22.9 Å². The molecule has 0 aromatic heterocycles. The smallest absolute Gasteiger partial charge is 0.244 e. The van der Waals surface area contributed by atoms with Crippen LogP contribution in [0.5, 0.6) is 5.75 Å². The molecule has 3 aromatic rings. The highest BCUT2D eigenvalue weighted by Gasteiger charge is 2.32. The van der Waals surface area contributed by atoms with Gasteiger partial charge in [-0.3, -0.25) is 9.63 Å². The average molecular weight is 508 g/mol. The zero-order chi connectivity index (χ0) is 26.2. The Morgan fingerprint density at radius 1 is 0.917 bits per heavy atom. The van der Waals surface area contributed by atoms with Crippen molar-refractivity contribution in [2.45, 2.75) is 49.4 Å². The van der Waals surface area contributed by atoms with Gasteiger partial charge in [0, 0.05) is 6.42 Å². The van der Waals surface area contributed by atoms with Gasteiger partial charge in [0.2, 0.25) is 5.91 Å². The van der Waals surface area contributed by atoms with Crippen LogP contribution in [0, 0.1) is 0 Å². The molecule has 0 spiro atoms. The van der Waals surface area contributed by atoms with Gasteiger partial charge < -0.3 is 4.74 Å². The van der Waals surface area contributed by atoms with Crippen LogP contribution in [0.1, 0.15) is 43.9 Å². The summed E-state index contributed by atoms with van der Waals surface area (Å²) in [5.41, 5.74) is 4.10. The Labute approximate surface area is 213 Å². The monoisotopic (exact) mass is 507 g/mol. The van der Waals surface area contributed by atoms with Crippen molar-refractivity contribution in [1.82, 2.24) is 5.48 Å². The molecule has 1 N–H and O–H groups in total. The van der Waals surface area contributed by atoms with Crippen LogP contribution < -0.4 is 10.2 Å². The number of amides is 1. The maximum atomic E-state index is 13.9. The predicted octanol–water partition coefficient (Wildman–Crippen LogP) is 5.49. The van der Waals surface area contributed by atoms with Crippen molar-refractivity contribution in [3.05, 3.63) is 95.6 Å². The van der Waals surface area contributed by atoms with Crippen LogP contribution >= 0.6 is 0 Å². The number of hydroxylamine groups is 1. The third-order valence-corrected chi connectivity index (χ3v) is 7.62. The van der Waals surface area contributed by atoms with Gasteiger partial charge in [0.1, 0.15) is 5.75 Å². The maximum absolute atomic E-state index is 13.9. The fourth-order valence-corrected chi connectivity index (χ4v) is 5.46. The van der Waals surface area contributed by atoms with E-state index < -0.39 is 26.6 Å². The van der Waals surface area contributed by atoms with Crippen LogP contribution in [0.3, 0.4) is 0 Å². The minimum Gasteiger partial charge on any atom is -0.497 e. The van der Waals surface area contributed by atoms with Crippen molar-refractivity contribution in [3.63, 3.8) is 0 Å². The first-order valence-corrected chi connectivity index (χ1v) is 13.3. The second-order valence-electron chi connectivity index (χ2n) is 9.44. The third kappa shape index (κ3) is 7.80. The first kappa shape index (κ1) is 27.2. The first-order valence-electron chi connectivity index (χ1n) is 11.7. The molecule has 1 atom stereocenters. The van der Waals surface area contributed by atoms with Gasteiger partial charge in [-0.25, -0.2) is 13.9 Å². The molecule has 190 valence electrons. The number of nitrogens with one attached hydrogen (secondary N) is 1. The van der Waals surface area contributed by atoms with Crippen LogP contribution in [0.2, 0.25) is 0 Å². The van der Waals surface area contributed by atoms with E-state index >= 15 is 0 Å². The molecule has 3 aromatic carbocycles. The third-order valence-electron chi connectivity index (χ3n) is 5.43. The topological polar surface area (TPSA) is 81.7 Å². The van der Waals surface area contributed by atoms with Gasteiger partial charge >= 0.3 is 0 Å². The maximum Gasteiger partial charge on any atom is 0.244 e. The normalized spacial score (nSPS) is 12.9. The average Bonchev–Trinajstić information content (AvgIpc) is 2.86. The highest BCUT2D eigenvalue weighted by atomic mass is 32.2. The van der Waals surface area contributed by atoms with E-state index in [-0.39, 0.29) is 17.7 Å². The van der Waals surface area contributed by atoms with E-state index in [0.717, 1.165) is 16.9 Å². The number of carbonyl (C=O) groups excluding carboxylic acids is 1. The van der Waals surface area contributed by atoms with Crippen molar-refractivity contribution in [3.8, 4) is 5.75 Å². The van der Waals surface area contributed by atoms with E-state index in [1.807, 2.05) is 60.7 Å². The van der Waals surface area contributed by atoms with Crippen LogP contribution in [-0.4, -0.2) is 32.3 Å². The Morgan fingerprint density at radius 2 is 1.56 bits per heavy atom. The van der Waals surface area contributed by atoms with Crippen LogP contribution in [0.4, 0.5) is 0 Å². The molecule has 1 unspecified atom stereocenters. The molecule has 6 nitrogen and oxygen atoms in total. The molecule has 0 aliphatic rings. The molecule has 0 fully saturated rings. The number of hydrogen-bond acceptors (Lipinski definition) is 5. The van der Waals surface area contributed by atoms with Crippen molar-refractivity contribution in [2.24, 2.45) is 0 Å². The second kappa shape index (κ2) is 12.0. The molecule has 36 heavy (non-hydrogen) atoms. The Bertz CT molecular complexity index is 1280. The zero-order valence-corrected chi connectivity index (χ0v) is 21.9. The van der Waals surface area contributed by atoms with E-state index in [1.54, 1.807) is 58.2 Å². The second-order valence-corrected chi connectivity index (χ2v) is 11.6. The van der Waals surface area contributed by atoms with Crippen LogP contribution in [0.25, 0.3) is 12.2 Å². The highest BCUT2D eigenvalue weighted by Crippen LogP contribution is 2.27.